The van der Waals surface area contributed by atoms with Gasteiger partial charge in [0, 0.05) is 30.1 Å². The highest BCUT2D eigenvalue weighted by molar-refractivity contribution is 7.10. The average molecular weight is 224 g/mol. The molecule has 0 saturated heterocycles. The van der Waals surface area contributed by atoms with Crippen LogP contribution in [-0.2, 0) is 6.42 Å². The van der Waals surface area contributed by atoms with Gasteiger partial charge in [-0.2, -0.15) is 0 Å². The molecular formula is C12H20N2S. The molecule has 0 bridgehead atoms. The van der Waals surface area contributed by atoms with E-state index in [1.807, 2.05) is 11.3 Å². The lowest BCUT2D eigenvalue weighted by molar-refractivity contribution is 0.187. The molecule has 1 aromatic rings. The fourth-order valence-corrected chi connectivity index (χ4v) is 3.20. The zero-order chi connectivity index (χ0) is 10.8. The van der Waals surface area contributed by atoms with Gasteiger partial charge in [-0.15, -0.1) is 11.3 Å². The van der Waals surface area contributed by atoms with Crippen LogP contribution in [0.5, 0.6) is 0 Å². The van der Waals surface area contributed by atoms with Crippen molar-refractivity contribution in [1.29, 1.82) is 0 Å². The normalized spacial score (nSPS) is 23.8. The summed E-state index contributed by atoms with van der Waals surface area (Å²) in [4.78, 5) is 4.09. The Labute approximate surface area is 96.1 Å². The molecule has 0 fully saturated rings. The molecule has 1 aliphatic rings. The minimum Gasteiger partial charge on any atom is -0.327 e. The predicted molar refractivity (Wildman–Crippen MR) is 66.3 cm³/mol. The lowest BCUT2D eigenvalue weighted by atomic mass is 10.0. The Kier molecular flexibility index (Phi) is 3.44. The number of hydrogen-bond acceptors (Lipinski definition) is 3. The van der Waals surface area contributed by atoms with E-state index in [-0.39, 0.29) is 0 Å². The molecule has 0 spiro atoms. The molecule has 1 aliphatic heterocycles. The quantitative estimate of drug-likeness (QED) is 0.854. The van der Waals surface area contributed by atoms with Crippen molar-refractivity contribution < 1.29 is 0 Å². The van der Waals surface area contributed by atoms with Crippen molar-refractivity contribution in [1.82, 2.24) is 4.90 Å². The standard InChI is InChI=1S/C12H20N2S/c1-3-10(13)8-14-6-4-12-11(9(14)2)5-7-15-12/h5,7,9-10H,3-4,6,8,13H2,1-2H3. The smallest absolute Gasteiger partial charge is 0.0331 e. The van der Waals surface area contributed by atoms with Crippen LogP contribution in [0.3, 0.4) is 0 Å². The fourth-order valence-electron chi connectivity index (χ4n) is 2.24. The van der Waals surface area contributed by atoms with E-state index in [9.17, 15) is 0 Å². The zero-order valence-corrected chi connectivity index (χ0v) is 10.4. The first-order valence-electron chi connectivity index (χ1n) is 5.78. The average Bonchev–Trinajstić information content (AvgIpc) is 2.70. The van der Waals surface area contributed by atoms with Gasteiger partial charge in [-0.3, -0.25) is 4.90 Å². The SMILES string of the molecule is CCC(N)CN1CCc2sccc2C1C. The Balaban J connectivity index is 2.06. The summed E-state index contributed by atoms with van der Waals surface area (Å²) in [5, 5.41) is 2.21. The Morgan fingerprint density at radius 2 is 2.47 bits per heavy atom. The maximum atomic E-state index is 6.02. The molecular weight excluding hydrogens is 204 g/mol. The third-order valence-electron chi connectivity index (χ3n) is 3.40. The van der Waals surface area contributed by atoms with Crippen LogP contribution in [-0.4, -0.2) is 24.0 Å². The lowest BCUT2D eigenvalue weighted by Crippen LogP contribution is -2.41. The van der Waals surface area contributed by atoms with Crippen molar-refractivity contribution in [3.63, 3.8) is 0 Å². The molecule has 15 heavy (non-hydrogen) atoms. The van der Waals surface area contributed by atoms with Crippen molar-refractivity contribution in [3.8, 4) is 0 Å². The summed E-state index contributed by atoms with van der Waals surface area (Å²) in [6.45, 7) is 6.66. The number of rotatable bonds is 3. The number of nitrogens with zero attached hydrogens (tertiary/aromatic N) is 1. The number of hydrogen-bond donors (Lipinski definition) is 1. The van der Waals surface area contributed by atoms with E-state index in [1.54, 1.807) is 4.88 Å². The number of thiophene rings is 1. The van der Waals surface area contributed by atoms with Gasteiger partial charge < -0.3 is 5.73 Å². The van der Waals surface area contributed by atoms with Gasteiger partial charge in [-0.05, 0) is 36.8 Å². The summed E-state index contributed by atoms with van der Waals surface area (Å²) < 4.78 is 0. The Morgan fingerprint density at radius 3 is 3.20 bits per heavy atom. The highest BCUT2D eigenvalue weighted by Crippen LogP contribution is 2.32. The molecule has 0 saturated carbocycles. The lowest BCUT2D eigenvalue weighted by Gasteiger charge is -2.35. The van der Waals surface area contributed by atoms with Crippen LogP contribution in [0, 0.1) is 0 Å². The van der Waals surface area contributed by atoms with E-state index >= 15 is 0 Å². The first-order chi connectivity index (χ1) is 7.22. The molecule has 0 radical (unpaired) electrons. The van der Waals surface area contributed by atoms with Crippen molar-refractivity contribution in [3.05, 3.63) is 21.9 Å². The van der Waals surface area contributed by atoms with E-state index < -0.39 is 0 Å². The molecule has 1 aromatic heterocycles. The maximum Gasteiger partial charge on any atom is 0.0331 e. The van der Waals surface area contributed by atoms with Gasteiger partial charge in [0.05, 0.1) is 0 Å². The van der Waals surface area contributed by atoms with Crippen molar-refractivity contribution in [2.24, 2.45) is 5.73 Å². The van der Waals surface area contributed by atoms with E-state index in [2.05, 4.69) is 30.2 Å². The van der Waals surface area contributed by atoms with E-state index in [0.717, 1.165) is 13.0 Å². The van der Waals surface area contributed by atoms with Crippen molar-refractivity contribution >= 4 is 11.3 Å². The summed E-state index contributed by atoms with van der Waals surface area (Å²) >= 11 is 1.90. The number of nitrogens with two attached hydrogens (primary N) is 1. The van der Waals surface area contributed by atoms with Gasteiger partial charge in [-0.1, -0.05) is 6.92 Å². The van der Waals surface area contributed by atoms with Gasteiger partial charge in [-0.25, -0.2) is 0 Å². The molecule has 0 aliphatic carbocycles. The second-order valence-electron chi connectivity index (χ2n) is 4.39. The van der Waals surface area contributed by atoms with Crippen LogP contribution in [0.25, 0.3) is 0 Å². The molecule has 0 amide bonds. The van der Waals surface area contributed by atoms with Crippen LogP contribution in [0.1, 0.15) is 36.8 Å². The molecule has 2 atom stereocenters. The minimum absolute atomic E-state index is 0.327. The summed E-state index contributed by atoms with van der Waals surface area (Å²) in [5.41, 5.74) is 7.54. The fraction of sp³-hybridized carbons (Fsp3) is 0.667. The highest BCUT2D eigenvalue weighted by atomic mass is 32.1. The first-order valence-corrected chi connectivity index (χ1v) is 6.66. The monoisotopic (exact) mass is 224 g/mol. The second-order valence-corrected chi connectivity index (χ2v) is 5.39. The van der Waals surface area contributed by atoms with Crippen LogP contribution < -0.4 is 5.73 Å². The molecule has 84 valence electrons. The molecule has 2 heterocycles. The molecule has 0 aromatic carbocycles. The van der Waals surface area contributed by atoms with Gasteiger partial charge >= 0.3 is 0 Å². The third-order valence-corrected chi connectivity index (χ3v) is 4.39. The summed E-state index contributed by atoms with van der Waals surface area (Å²) in [6.07, 6.45) is 2.27. The zero-order valence-electron chi connectivity index (χ0n) is 9.57. The van der Waals surface area contributed by atoms with E-state index in [0.29, 0.717) is 12.1 Å². The second kappa shape index (κ2) is 4.64. The maximum absolute atomic E-state index is 6.02. The summed E-state index contributed by atoms with van der Waals surface area (Å²) in [7, 11) is 0. The minimum atomic E-state index is 0.327. The third kappa shape index (κ3) is 2.25. The predicted octanol–water partition coefficient (Wildman–Crippen LogP) is 2.40. The van der Waals surface area contributed by atoms with E-state index in [1.165, 1.54) is 18.5 Å². The first kappa shape index (κ1) is 11.1. The van der Waals surface area contributed by atoms with Gasteiger partial charge in [0.25, 0.3) is 0 Å². The van der Waals surface area contributed by atoms with Gasteiger partial charge in [0.15, 0.2) is 0 Å². The van der Waals surface area contributed by atoms with Crippen LogP contribution in [0.15, 0.2) is 11.4 Å². The van der Waals surface area contributed by atoms with Crippen LogP contribution >= 0.6 is 11.3 Å². The van der Waals surface area contributed by atoms with Gasteiger partial charge in [0.2, 0.25) is 0 Å². The Morgan fingerprint density at radius 1 is 1.67 bits per heavy atom. The Bertz CT molecular complexity index is 321. The topological polar surface area (TPSA) is 29.3 Å². The van der Waals surface area contributed by atoms with Crippen LogP contribution in [0.2, 0.25) is 0 Å². The van der Waals surface area contributed by atoms with Gasteiger partial charge in [0.1, 0.15) is 0 Å². The molecule has 2 nitrogen and oxygen atoms in total. The van der Waals surface area contributed by atoms with E-state index in [4.69, 9.17) is 5.73 Å². The Hall–Kier alpha value is -0.380. The molecule has 2 rings (SSSR count). The number of fused-ring (bicyclic) bond motifs is 1. The molecule has 3 heteroatoms. The summed E-state index contributed by atoms with van der Waals surface area (Å²) in [6, 6.07) is 3.15. The summed E-state index contributed by atoms with van der Waals surface area (Å²) in [5.74, 6) is 0. The molecule has 2 N–H and O–H groups in total. The van der Waals surface area contributed by atoms with Crippen LogP contribution in [0.4, 0.5) is 0 Å². The van der Waals surface area contributed by atoms with Crippen molar-refractivity contribution in [2.75, 3.05) is 13.1 Å². The largest absolute Gasteiger partial charge is 0.327 e. The van der Waals surface area contributed by atoms with Crippen molar-refractivity contribution in [2.45, 2.75) is 38.8 Å². The highest BCUT2D eigenvalue weighted by Gasteiger charge is 2.25. The molecule has 2 unspecified atom stereocenters.